The molecule has 0 saturated heterocycles. The summed E-state index contributed by atoms with van der Waals surface area (Å²) >= 11 is 1.23. The number of hydrogen-bond acceptors (Lipinski definition) is 5. The Hall–Kier alpha value is -3.98. The molecule has 0 aliphatic rings. The lowest BCUT2D eigenvalue weighted by Crippen LogP contribution is -2.25. The Labute approximate surface area is 219 Å². The number of halogens is 1. The number of aromatic nitrogens is 3. The minimum absolute atomic E-state index is 0.0787. The predicted molar refractivity (Wildman–Crippen MR) is 144 cm³/mol. The summed E-state index contributed by atoms with van der Waals surface area (Å²) in [6, 6.07) is 17.1. The first-order valence-corrected chi connectivity index (χ1v) is 12.8. The molecule has 0 fully saturated rings. The maximum atomic E-state index is 13.1. The molecule has 2 N–H and O–H groups in total. The largest absolute Gasteiger partial charge is 0.345 e. The fourth-order valence-electron chi connectivity index (χ4n) is 3.73. The maximum absolute atomic E-state index is 13.1. The van der Waals surface area contributed by atoms with Crippen LogP contribution in [0.3, 0.4) is 0 Å². The fraction of sp³-hybridized carbons (Fsp3) is 0.214. The quantitative estimate of drug-likeness (QED) is 0.310. The molecule has 7 nitrogen and oxygen atoms in total. The van der Waals surface area contributed by atoms with E-state index in [9.17, 15) is 14.0 Å². The second-order valence-corrected chi connectivity index (χ2v) is 9.72. The fourth-order valence-corrected chi connectivity index (χ4v) is 4.50. The third-order valence-electron chi connectivity index (χ3n) is 6.15. The molecule has 9 heteroatoms. The van der Waals surface area contributed by atoms with E-state index < -0.39 is 0 Å². The van der Waals surface area contributed by atoms with E-state index in [0.717, 1.165) is 27.9 Å². The van der Waals surface area contributed by atoms with Crippen molar-refractivity contribution in [1.29, 1.82) is 0 Å². The minimum atomic E-state index is -0.369. The van der Waals surface area contributed by atoms with Crippen LogP contribution in [0.4, 0.5) is 10.1 Å². The van der Waals surface area contributed by atoms with Gasteiger partial charge in [0.25, 0.3) is 5.91 Å². The van der Waals surface area contributed by atoms with Crippen molar-refractivity contribution in [2.45, 2.75) is 39.4 Å². The van der Waals surface area contributed by atoms with Crippen molar-refractivity contribution in [2.75, 3.05) is 11.1 Å². The molecule has 4 rings (SSSR count). The number of anilines is 1. The van der Waals surface area contributed by atoms with Crippen molar-refractivity contribution in [3.05, 3.63) is 100 Å². The van der Waals surface area contributed by atoms with Gasteiger partial charge in [0.1, 0.15) is 5.82 Å². The van der Waals surface area contributed by atoms with Crippen molar-refractivity contribution in [3.63, 3.8) is 0 Å². The topological polar surface area (TPSA) is 88.9 Å². The van der Waals surface area contributed by atoms with E-state index in [1.165, 1.54) is 36.0 Å². The maximum Gasteiger partial charge on any atom is 0.251 e. The molecule has 3 aromatic carbocycles. The van der Waals surface area contributed by atoms with Crippen LogP contribution in [0, 0.1) is 33.5 Å². The summed E-state index contributed by atoms with van der Waals surface area (Å²) in [5.41, 5.74) is 6.27. The highest BCUT2D eigenvalue weighted by molar-refractivity contribution is 7.99. The molecule has 0 radical (unpaired) electrons. The lowest BCUT2D eigenvalue weighted by Gasteiger charge is -2.15. The first kappa shape index (κ1) is 26.1. The highest BCUT2D eigenvalue weighted by Gasteiger charge is 2.19. The summed E-state index contributed by atoms with van der Waals surface area (Å²) in [5.74, 6) is -0.197. The van der Waals surface area contributed by atoms with E-state index in [4.69, 9.17) is 0 Å². The molecule has 1 aromatic heterocycles. The van der Waals surface area contributed by atoms with Crippen LogP contribution in [0.2, 0.25) is 0 Å². The van der Waals surface area contributed by atoms with Gasteiger partial charge in [-0.25, -0.2) is 4.39 Å². The predicted octanol–water partition coefficient (Wildman–Crippen LogP) is 5.30. The number of nitrogens with one attached hydrogen (secondary N) is 2. The van der Waals surface area contributed by atoms with Crippen molar-refractivity contribution < 1.29 is 14.0 Å². The van der Waals surface area contributed by atoms with Gasteiger partial charge in [-0.3, -0.25) is 14.2 Å². The second-order valence-electron chi connectivity index (χ2n) is 8.78. The van der Waals surface area contributed by atoms with E-state index in [1.54, 1.807) is 6.07 Å². The second kappa shape index (κ2) is 11.4. The first-order chi connectivity index (χ1) is 17.7. The Kier molecular flexibility index (Phi) is 8.03. The first-order valence-electron chi connectivity index (χ1n) is 11.8. The van der Waals surface area contributed by atoms with Gasteiger partial charge in [0, 0.05) is 11.3 Å². The summed E-state index contributed by atoms with van der Waals surface area (Å²) in [7, 11) is 0. The zero-order chi connectivity index (χ0) is 26.5. The Morgan fingerprint density at radius 1 is 0.919 bits per heavy atom. The smallest absolute Gasteiger partial charge is 0.251 e. The van der Waals surface area contributed by atoms with Gasteiger partial charge < -0.3 is 10.6 Å². The molecular formula is C28H28FN5O2S. The van der Waals surface area contributed by atoms with Crippen LogP contribution >= 0.6 is 11.8 Å². The van der Waals surface area contributed by atoms with Crippen LogP contribution in [-0.2, 0) is 11.3 Å². The summed E-state index contributed by atoms with van der Waals surface area (Å²) < 4.78 is 15.0. The molecule has 0 aliphatic carbocycles. The molecule has 37 heavy (non-hydrogen) atoms. The van der Waals surface area contributed by atoms with Crippen LogP contribution in [0.25, 0.3) is 5.69 Å². The number of carbonyl (C=O) groups excluding carboxylic acids is 2. The van der Waals surface area contributed by atoms with E-state index in [0.29, 0.717) is 22.2 Å². The Bertz CT molecular complexity index is 1450. The van der Waals surface area contributed by atoms with Gasteiger partial charge in [-0.2, -0.15) is 0 Å². The van der Waals surface area contributed by atoms with Crippen LogP contribution in [0.5, 0.6) is 0 Å². The van der Waals surface area contributed by atoms with Crippen LogP contribution in [0.15, 0.2) is 65.8 Å². The molecule has 4 aromatic rings. The monoisotopic (exact) mass is 517 g/mol. The molecule has 190 valence electrons. The van der Waals surface area contributed by atoms with Gasteiger partial charge in [0.15, 0.2) is 11.0 Å². The van der Waals surface area contributed by atoms with Gasteiger partial charge in [-0.05, 0) is 92.4 Å². The van der Waals surface area contributed by atoms with Crippen molar-refractivity contribution >= 4 is 29.3 Å². The molecule has 2 amide bonds. The average molecular weight is 518 g/mol. The zero-order valence-electron chi connectivity index (χ0n) is 21.1. The third-order valence-corrected chi connectivity index (χ3v) is 7.08. The van der Waals surface area contributed by atoms with Gasteiger partial charge >= 0.3 is 0 Å². The summed E-state index contributed by atoms with van der Waals surface area (Å²) in [4.78, 5) is 25.3. The molecule has 0 atom stereocenters. The molecule has 1 heterocycles. The zero-order valence-corrected chi connectivity index (χ0v) is 21.9. The Balaban J connectivity index is 1.54. The highest BCUT2D eigenvalue weighted by atomic mass is 32.2. The summed E-state index contributed by atoms with van der Waals surface area (Å²) in [5, 5.41) is 14.9. The number of rotatable bonds is 8. The minimum Gasteiger partial charge on any atom is -0.345 e. The van der Waals surface area contributed by atoms with Gasteiger partial charge in [0.2, 0.25) is 5.91 Å². The van der Waals surface area contributed by atoms with Crippen molar-refractivity contribution in [2.24, 2.45) is 0 Å². The number of amides is 2. The number of nitrogens with zero attached hydrogens (tertiary/aromatic N) is 3. The van der Waals surface area contributed by atoms with Gasteiger partial charge in [0.05, 0.1) is 18.0 Å². The summed E-state index contributed by atoms with van der Waals surface area (Å²) in [6.07, 6.45) is 0. The Morgan fingerprint density at radius 3 is 2.41 bits per heavy atom. The lowest BCUT2D eigenvalue weighted by molar-refractivity contribution is -0.113. The van der Waals surface area contributed by atoms with Crippen molar-refractivity contribution in [1.82, 2.24) is 20.1 Å². The number of thioether (sulfide) groups is 1. The number of aryl methyl sites for hydroxylation is 3. The van der Waals surface area contributed by atoms with E-state index in [1.807, 2.05) is 62.6 Å². The van der Waals surface area contributed by atoms with E-state index in [2.05, 4.69) is 20.8 Å². The number of benzene rings is 3. The lowest BCUT2D eigenvalue weighted by atomic mass is 10.1. The molecule has 0 bridgehead atoms. The van der Waals surface area contributed by atoms with Gasteiger partial charge in [-0.15, -0.1) is 10.2 Å². The number of carbonyl (C=O) groups is 2. The van der Waals surface area contributed by atoms with Crippen molar-refractivity contribution in [3.8, 4) is 5.69 Å². The normalized spacial score (nSPS) is 10.8. The molecule has 0 unspecified atom stereocenters. The standard InChI is InChI=1S/C28H28FN5O2S/c1-17-8-9-21(14-19(17)3)27(36)30-15-25-32-33-28(34(25)24-7-5-6-18(2)20(24)4)37-16-26(35)31-23-12-10-22(29)11-13-23/h5-14H,15-16H2,1-4H3,(H,30,36)(H,31,35). The highest BCUT2D eigenvalue weighted by Crippen LogP contribution is 2.26. The SMILES string of the molecule is Cc1ccc(C(=O)NCc2nnc(SCC(=O)Nc3ccc(F)cc3)n2-c2cccc(C)c2C)cc1C. The average Bonchev–Trinajstić information content (AvgIpc) is 3.28. The van der Waals surface area contributed by atoms with Crippen LogP contribution in [-0.4, -0.2) is 32.3 Å². The Morgan fingerprint density at radius 2 is 1.68 bits per heavy atom. The molecule has 0 saturated carbocycles. The molecule has 0 aliphatic heterocycles. The summed E-state index contributed by atoms with van der Waals surface area (Å²) in [6.45, 7) is 8.17. The molecule has 0 spiro atoms. The van der Waals surface area contributed by atoms with E-state index >= 15 is 0 Å². The van der Waals surface area contributed by atoms with E-state index in [-0.39, 0.29) is 29.9 Å². The third kappa shape index (κ3) is 6.24. The molecular weight excluding hydrogens is 489 g/mol. The van der Waals surface area contributed by atoms with Crippen LogP contribution < -0.4 is 10.6 Å². The number of hydrogen-bond donors (Lipinski definition) is 2. The van der Waals surface area contributed by atoms with Crippen LogP contribution in [0.1, 0.15) is 38.4 Å². The van der Waals surface area contributed by atoms with Gasteiger partial charge in [-0.1, -0.05) is 30.0 Å².